The molecule has 65 heavy (non-hydrogen) atoms. The molecule has 14 rings (SSSR count). The number of hydrogen-bond acceptors (Lipinski definition) is 5. The van der Waals surface area contributed by atoms with E-state index in [4.69, 9.17) is 9.97 Å². The zero-order valence-corrected chi connectivity index (χ0v) is 36.6. The number of nitrogens with one attached hydrogen (secondary N) is 1. The van der Waals surface area contributed by atoms with Gasteiger partial charge in [0, 0.05) is 57.9 Å². The Labute approximate surface area is 385 Å². The molecule has 2 aromatic heterocycles. The van der Waals surface area contributed by atoms with E-state index in [1.165, 1.54) is 85.6 Å². The molecule has 4 heterocycles. The van der Waals surface area contributed by atoms with E-state index in [9.17, 15) is 0 Å². The second-order valence-electron chi connectivity index (χ2n) is 17.2. The Morgan fingerprint density at radius 2 is 1.08 bits per heavy atom. The Morgan fingerprint density at radius 3 is 1.92 bits per heavy atom. The van der Waals surface area contributed by atoms with Gasteiger partial charge in [-0.3, -0.25) is 0 Å². The van der Waals surface area contributed by atoms with Crippen LogP contribution < -0.4 is 5.32 Å². The van der Waals surface area contributed by atoms with Gasteiger partial charge in [-0.2, -0.15) is 0 Å². The standard InChI is InChI=1S/C60H37N3S2/c1-2-16-36(17-3-1)59-62-52(35-53(63-59)43-24-15-23-42-41-22-6-11-29-54(41)65-58(42)43)37-18-14-19-38(32-37)57-46-33-45-39-20-4-7-25-47(39)60(50(45)34-44(46)40-21-5-10-28-51(40)61-57)48-26-8-12-30-55(48)64-56-31-13-9-27-49(56)60/h1-35,57,61H. The van der Waals surface area contributed by atoms with Gasteiger partial charge in [-0.15, -0.1) is 11.3 Å². The quantitative estimate of drug-likeness (QED) is 0.191. The Bertz CT molecular complexity index is 3710. The molecule has 9 aromatic carbocycles. The number of para-hydroxylation sites is 1. The first kappa shape index (κ1) is 36.9. The van der Waals surface area contributed by atoms with Crippen LogP contribution in [0.25, 0.3) is 76.3 Å². The number of thiophene rings is 1. The molecule has 1 N–H and O–H groups in total. The van der Waals surface area contributed by atoms with Gasteiger partial charge in [0.1, 0.15) is 0 Å². The van der Waals surface area contributed by atoms with Gasteiger partial charge < -0.3 is 5.32 Å². The van der Waals surface area contributed by atoms with Crippen molar-refractivity contribution in [3.63, 3.8) is 0 Å². The van der Waals surface area contributed by atoms with Crippen molar-refractivity contribution in [3.05, 3.63) is 246 Å². The molecular weight excluding hydrogens is 827 g/mol. The van der Waals surface area contributed by atoms with Crippen LogP contribution in [0.5, 0.6) is 0 Å². The number of rotatable bonds is 4. The van der Waals surface area contributed by atoms with Gasteiger partial charge in [0.15, 0.2) is 5.82 Å². The van der Waals surface area contributed by atoms with E-state index in [0.717, 1.165) is 33.8 Å². The summed E-state index contributed by atoms with van der Waals surface area (Å²) >= 11 is 3.72. The van der Waals surface area contributed by atoms with E-state index in [2.05, 4.69) is 212 Å². The first-order valence-corrected chi connectivity index (χ1v) is 23.8. The predicted molar refractivity (Wildman–Crippen MR) is 270 cm³/mol. The fraction of sp³-hybridized carbons (Fsp3) is 0.0333. The maximum atomic E-state index is 5.32. The third-order valence-corrected chi connectivity index (χ3v) is 16.2. The molecule has 0 fully saturated rings. The molecule has 1 aliphatic carbocycles. The number of aromatic nitrogens is 2. The van der Waals surface area contributed by atoms with Crippen LogP contribution in [-0.4, -0.2) is 9.97 Å². The lowest BCUT2D eigenvalue weighted by molar-refractivity contribution is 0.722. The highest BCUT2D eigenvalue weighted by molar-refractivity contribution is 7.99. The minimum absolute atomic E-state index is 0.113. The lowest BCUT2D eigenvalue weighted by Crippen LogP contribution is -2.32. The normalized spacial score (nSPS) is 14.8. The lowest BCUT2D eigenvalue weighted by atomic mass is 9.66. The van der Waals surface area contributed by atoms with Crippen molar-refractivity contribution < 1.29 is 0 Å². The predicted octanol–water partition coefficient (Wildman–Crippen LogP) is 15.9. The van der Waals surface area contributed by atoms with Gasteiger partial charge in [0.05, 0.1) is 22.8 Å². The number of fused-ring (bicyclic) bond motifs is 15. The van der Waals surface area contributed by atoms with Gasteiger partial charge in [0.2, 0.25) is 0 Å². The topological polar surface area (TPSA) is 37.8 Å². The molecule has 0 radical (unpaired) electrons. The molecule has 2 aliphatic heterocycles. The van der Waals surface area contributed by atoms with Crippen LogP contribution >= 0.6 is 23.1 Å². The summed E-state index contributed by atoms with van der Waals surface area (Å²) < 4.78 is 2.52. The Balaban J connectivity index is 0.964. The SMILES string of the molecule is c1ccc(-c2nc(-c3cccc(C4Nc5ccccc5-c5cc6c(cc54)-c4ccccc4C64c5ccccc5Sc5ccccc54)c3)cc(-c3cccc4c3sc3ccccc34)n2)cc1. The lowest BCUT2D eigenvalue weighted by Gasteiger charge is -2.40. The summed E-state index contributed by atoms with van der Waals surface area (Å²) in [5, 5.41) is 6.57. The van der Waals surface area contributed by atoms with E-state index in [1.54, 1.807) is 0 Å². The minimum atomic E-state index is -0.448. The number of hydrogen-bond donors (Lipinski definition) is 1. The Kier molecular flexibility index (Phi) is 8.06. The largest absolute Gasteiger partial charge is 0.374 e. The Hall–Kier alpha value is -7.57. The molecule has 0 saturated heterocycles. The van der Waals surface area contributed by atoms with E-state index in [0.29, 0.717) is 5.82 Å². The highest BCUT2D eigenvalue weighted by Crippen LogP contribution is 2.63. The minimum Gasteiger partial charge on any atom is -0.374 e. The van der Waals surface area contributed by atoms with E-state index >= 15 is 0 Å². The number of benzene rings is 9. The van der Waals surface area contributed by atoms with Gasteiger partial charge in [-0.25, -0.2) is 9.97 Å². The first-order valence-electron chi connectivity index (χ1n) is 22.2. The summed E-state index contributed by atoms with van der Waals surface area (Å²) in [5.41, 5.74) is 18.6. The van der Waals surface area contributed by atoms with Crippen molar-refractivity contribution in [3.8, 4) is 56.2 Å². The molecule has 1 atom stereocenters. The maximum absolute atomic E-state index is 5.32. The summed E-state index contributed by atoms with van der Waals surface area (Å²) in [7, 11) is 0. The summed E-state index contributed by atoms with van der Waals surface area (Å²) in [6.07, 6.45) is 0. The summed E-state index contributed by atoms with van der Waals surface area (Å²) in [6.45, 7) is 0. The van der Waals surface area contributed by atoms with Crippen LogP contribution in [0, 0.1) is 0 Å². The van der Waals surface area contributed by atoms with Crippen molar-refractivity contribution in [1.29, 1.82) is 0 Å². The third-order valence-electron chi connectivity index (χ3n) is 13.8. The fourth-order valence-corrected chi connectivity index (χ4v) is 13.4. The molecule has 1 unspecified atom stereocenters. The van der Waals surface area contributed by atoms with Crippen molar-refractivity contribution in [2.24, 2.45) is 0 Å². The van der Waals surface area contributed by atoms with Gasteiger partial charge >= 0.3 is 0 Å². The molecule has 3 nitrogen and oxygen atoms in total. The molecule has 0 saturated carbocycles. The second kappa shape index (κ2) is 14.2. The third kappa shape index (κ3) is 5.43. The summed E-state index contributed by atoms with van der Waals surface area (Å²) in [6, 6.07) is 77.8. The van der Waals surface area contributed by atoms with E-state index in [1.807, 2.05) is 29.2 Å². The van der Waals surface area contributed by atoms with Crippen LogP contribution in [0.4, 0.5) is 5.69 Å². The van der Waals surface area contributed by atoms with Crippen LogP contribution in [0.2, 0.25) is 0 Å². The summed E-state index contributed by atoms with van der Waals surface area (Å²) in [4.78, 5) is 13.2. The highest BCUT2D eigenvalue weighted by Gasteiger charge is 2.51. The number of nitrogens with zero attached hydrogens (tertiary/aromatic N) is 2. The molecule has 0 amide bonds. The van der Waals surface area contributed by atoms with Crippen LogP contribution in [0.3, 0.4) is 0 Å². The van der Waals surface area contributed by atoms with Crippen LogP contribution in [0.1, 0.15) is 39.4 Å². The van der Waals surface area contributed by atoms with E-state index in [-0.39, 0.29) is 6.04 Å². The van der Waals surface area contributed by atoms with Gasteiger partial charge in [-0.05, 0) is 98.6 Å². The Morgan fingerprint density at radius 1 is 0.431 bits per heavy atom. The van der Waals surface area contributed by atoms with Crippen molar-refractivity contribution >= 4 is 49.0 Å². The smallest absolute Gasteiger partial charge is 0.160 e. The highest BCUT2D eigenvalue weighted by atomic mass is 32.2. The molecule has 11 aromatic rings. The van der Waals surface area contributed by atoms with Crippen LogP contribution in [0.15, 0.2) is 222 Å². The first-order chi connectivity index (χ1) is 32.2. The van der Waals surface area contributed by atoms with E-state index < -0.39 is 5.41 Å². The molecule has 0 bridgehead atoms. The second-order valence-corrected chi connectivity index (χ2v) is 19.4. The number of anilines is 1. The molecule has 3 aliphatic rings. The summed E-state index contributed by atoms with van der Waals surface area (Å²) in [5.74, 6) is 0.712. The zero-order valence-electron chi connectivity index (χ0n) is 35.0. The van der Waals surface area contributed by atoms with Crippen molar-refractivity contribution in [2.75, 3.05) is 5.32 Å². The average molecular weight is 864 g/mol. The molecule has 5 heteroatoms. The maximum Gasteiger partial charge on any atom is 0.160 e. The zero-order chi connectivity index (χ0) is 42.6. The monoisotopic (exact) mass is 863 g/mol. The van der Waals surface area contributed by atoms with Crippen molar-refractivity contribution in [2.45, 2.75) is 21.2 Å². The fourth-order valence-electron chi connectivity index (χ4n) is 11.0. The van der Waals surface area contributed by atoms with Gasteiger partial charge in [-0.1, -0.05) is 176 Å². The average Bonchev–Trinajstić information content (AvgIpc) is 3.89. The molecular formula is C60H37N3S2. The van der Waals surface area contributed by atoms with Crippen LogP contribution in [-0.2, 0) is 5.41 Å². The van der Waals surface area contributed by atoms with Gasteiger partial charge in [0.25, 0.3) is 0 Å². The van der Waals surface area contributed by atoms with Crippen molar-refractivity contribution in [1.82, 2.24) is 9.97 Å². The molecule has 1 spiro atoms. The molecule has 304 valence electrons.